The molecule has 1 heterocycles. The molecule has 0 amide bonds. The SMILES string of the molecule is O=c1[nH]c2ccccc2c(CO)c1F. The summed E-state index contributed by atoms with van der Waals surface area (Å²) in [5, 5.41) is 9.48. The first-order valence-electron chi connectivity index (χ1n) is 4.14. The van der Waals surface area contributed by atoms with E-state index in [1.54, 1.807) is 24.3 Å². The Kier molecular flexibility index (Phi) is 2.05. The van der Waals surface area contributed by atoms with Gasteiger partial charge in [-0.2, -0.15) is 0 Å². The molecule has 0 aliphatic carbocycles. The average molecular weight is 193 g/mol. The zero-order valence-electron chi connectivity index (χ0n) is 7.25. The van der Waals surface area contributed by atoms with E-state index in [-0.39, 0.29) is 5.56 Å². The highest BCUT2D eigenvalue weighted by molar-refractivity contribution is 5.81. The minimum Gasteiger partial charge on any atom is -0.392 e. The van der Waals surface area contributed by atoms with Crippen LogP contribution in [-0.2, 0) is 6.61 Å². The molecule has 4 heteroatoms. The van der Waals surface area contributed by atoms with Gasteiger partial charge in [0.05, 0.1) is 6.61 Å². The molecule has 2 N–H and O–H groups in total. The van der Waals surface area contributed by atoms with Crippen LogP contribution in [0.25, 0.3) is 10.9 Å². The number of rotatable bonds is 1. The number of aromatic amines is 1. The van der Waals surface area contributed by atoms with Crippen LogP contribution in [0.2, 0.25) is 0 Å². The number of fused-ring (bicyclic) bond motifs is 1. The van der Waals surface area contributed by atoms with Crippen molar-refractivity contribution in [2.24, 2.45) is 0 Å². The fourth-order valence-corrected chi connectivity index (χ4v) is 1.44. The Bertz CT molecular complexity index is 533. The van der Waals surface area contributed by atoms with E-state index in [9.17, 15) is 9.18 Å². The lowest BCUT2D eigenvalue weighted by Gasteiger charge is -2.03. The highest BCUT2D eigenvalue weighted by Crippen LogP contribution is 2.16. The number of pyridine rings is 1. The molecule has 0 aliphatic heterocycles. The van der Waals surface area contributed by atoms with Crippen LogP contribution in [0, 0.1) is 5.82 Å². The van der Waals surface area contributed by atoms with Gasteiger partial charge in [0.15, 0.2) is 5.82 Å². The Labute approximate surface area is 78.8 Å². The standard InChI is InChI=1S/C10H8FNO2/c11-9-7(5-13)6-3-1-2-4-8(6)12-10(9)14/h1-4,13H,5H2,(H,12,14). The van der Waals surface area contributed by atoms with E-state index < -0.39 is 18.0 Å². The van der Waals surface area contributed by atoms with Crippen LogP contribution < -0.4 is 5.56 Å². The molecule has 72 valence electrons. The molecular weight excluding hydrogens is 185 g/mol. The van der Waals surface area contributed by atoms with E-state index in [1.807, 2.05) is 0 Å². The molecule has 2 rings (SSSR count). The summed E-state index contributed by atoms with van der Waals surface area (Å²) in [6.45, 7) is -0.476. The number of hydrogen-bond donors (Lipinski definition) is 2. The molecule has 0 saturated heterocycles. The molecule has 0 fully saturated rings. The maximum atomic E-state index is 13.2. The van der Waals surface area contributed by atoms with Crippen molar-refractivity contribution >= 4 is 10.9 Å². The summed E-state index contributed by atoms with van der Waals surface area (Å²) in [6, 6.07) is 6.77. The van der Waals surface area contributed by atoms with Gasteiger partial charge in [0.1, 0.15) is 0 Å². The van der Waals surface area contributed by atoms with Crippen LogP contribution in [-0.4, -0.2) is 10.1 Å². The second kappa shape index (κ2) is 3.23. The number of nitrogens with one attached hydrogen (secondary N) is 1. The van der Waals surface area contributed by atoms with Gasteiger partial charge >= 0.3 is 0 Å². The molecule has 0 aliphatic rings. The average Bonchev–Trinajstić information content (AvgIpc) is 2.20. The molecule has 3 nitrogen and oxygen atoms in total. The summed E-state index contributed by atoms with van der Waals surface area (Å²) < 4.78 is 13.2. The fourth-order valence-electron chi connectivity index (χ4n) is 1.44. The Morgan fingerprint density at radius 3 is 2.79 bits per heavy atom. The first-order chi connectivity index (χ1) is 6.74. The number of hydrogen-bond acceptors (Lipinski definition) is 2. The van der Waals surface area contributed by atoms with Gasteiger partial charge in [0.2, 0.25) is 0 Å². The van der Waals surface area contributed by atoms with Crippen LogP contribution in [0.5, 0.6) is 0 Å². The normalized spacial score (nSPS) is 10.7. The minimum absolute atomic E-state index is 0.0457. The lowest BCUT2D eigenvalue weighted by molar-refractivity contribution is 0.277. The monoisotopic (exact) mass is 193 g/mol. The minimum atomic E-state index is -0.911. The van der Waals surface area contributed by atoms with Crippen LogP contribution in [0.1, 0.15) is 5.56 Å². The zero-order chi connectivity index (χ0) is 10.1. The van der Waals surface area contributed by atoms with Gasteiger partial charge in [0.25, 0.3) is 5.56 Å². The lowest BCUT2D eigenvalue weighted by atomic mass is 10.1. The predicted octanol–water partition coefficient (Wildman–Crippen LogP) is 1.16. The largest absolute Gasteiger partial charge is 0.392 e. The smallest absolute Gasteiger partial charge is 0.284 e. The number of benzene rings is 1. The van der Waals surface area contributed by atoms with Crippen molar-refractivity contribution in [3.63, 3.8) is 0 Å². The van der Waals surface area contributed by atoms with Crippen molar-refractivity contribution in [1.29, 1.82) is 0 Å². The van der Waals surface area contributed by atoms with Gasteiger partial charge in [-0.15, -0.1) is 0 Å². The number of halogens is 1. The Balaban J connectivity index is 2.96. The number of aliphatic hydroxyl groups is 1. The first-order valence-corrected chi connectivity index (χ1v) is 4.14. The molecule has 0 bridgehead atoms. The van der Waals surface area contributed by atoms with Crippen LogP contribution >= 0.6 is 0 Å². The fraction of sp³-hybridized carbons (Fsp3) is 0.100. The number of aliphatic hydroxyl groups excluding tert-OH is 1. The molecular formula is C10H8FNO2. The molecule has 0 atom stereocenters. The second-order valence-electron chi connectivity index (χ2n) is 2.95. The van der Waals surface area contributed by atoms with Crippen LogP contribution in [0.3, 0.4) is 0 Å². The molecule has 0 unspecified atom stereocenters. The summed E-state index contributed by atoms with van der Waals surface area (Å²) in [5.74, 6) is -0.911. The van der Waals surface area contributed by atoms with Crippen molar-refractivity contribution in [3.05, 3.63) is 46.0 Å². The summed E-state index contributed by atoms with van der Waals surface area (Å²) in [7, 11) is 0. The van der Waals surface area contributed by atoms with E-state index >= 15 is 0 Å². The Hall–Kier alpha value is -1.68. The van der Waals surface area contributed by atoms with E-state index in [0.29, 0.717) is 10.9 Å². The Morgan fingerprint density at radius 1 is 1.36 bits per heavy atom. The summed E-state index contributed by atoms with van der Waals surface area (Å²) in [5.41, 5.74) is -0.222. The predicted molar refractivity (Wildman–Crippen MR) is 50.4 cm³/mol. The molecule has 0 spiro atoms. The number of aromatic nitrogens is 1. The Morgan fingerprint density at radius 2 is 2.07 bits per heavy atom. The highest BCUT2D eigenvalue weighted by atomic mass is 19.1. The van der Waals surface area contributed by atoms with Gasteiger partial charge in [0, 0.05) is 16.5 Å². The lowest BCUT2D eigenvalue weighted by Crippen LogP contribution is -2.14. The van der Waals surface area contributed by atoms with Crippen molar-refractivity contribution < 1.29 is 9.50 Å². The van der Waals surface area contributed by atoms with Crippen LogP contribution in [0.4, 0.5) is 4.39 Å². The first kappa shape index (κ1) is 8.90. The van der Waals surface area contributed by atoms with Gasteiger partial charge in [-0.25, -0.2) is 4.39 Å². The highest BCUT2D eigenvalue weighted by Gasteiger charge is 2.10. The van der Waals surface area contributed by atoms with E-state index in [0.717, 1.165) is 0 Å². The van der Waals surface area contributed by atoms with E-state index in [4.69, 9.17) is 5.11 Å². The summed E-state index contributed by atoms with van der Waals surface area (Å²) in [4.78, 5) is 13.5. The van der Waals surface area contributed by atoms with Crippen molar-refractivity contribution in [3.8, 4) is 0 Å². The van der Waals surface area contributed by atoms with Crippen molar-refractivity contribution in [2.45, 2.75) is 6.61 Å². The maximum absolute atomic E-state index is 13.2. The molecule has 2 aromatic rings. The maximum Gasteiger partial charge on any atom is 0.284 e. The third-order valence-corrected chi connectivity index (χ3v) is 2.12. The van der Waals surface area contributed by atoms with Crippen LogP contribution in [0.15, 0.2) is 29.1 Å². The molecule has 14 heavy (non-hydrogen) atoms. The van der Waals surface area contributed by atoms with E-state index in [2.05, 4.69) is 4.98 Å². The van der Waals surface area contributed by atoms with E-state index in [1.165, 1.54) is 0 Å². The number of para-hydroxylation sites is 1. The van der Waals surface area contributed by atoms with Crippen molar-refractivity contribution in [1.82, 2.24) is 4.98 Å². The quantitative estimate of drug-likeness (QED) is 0.714. The van der Waals surface area contributed by atoms with Gasteiger partial charge in [-0.3, -0.25) is 4.79 Å². The van der Waals surface area contributed by atoms with Crippen molar-refractivity contribution in [2.75, 3.05) is 0 Å². The second-order valence-corrected chi connectivity index (χ2v) is 2.95. The topological polar surface area (TPSA) is 53.1 Å². The third-order valence-electron chi connectivity index (χ3n) is 2.12. The summed E-state index contributed by atoms with van der Waals surface area (Å²) in [6.07, 6.45) is 0. The molecule has 0 saturated carbocycles. The molecule has 1 aromatic heterocycles. The molecule has 1 aromatic carbocycles. The number of H-pyrrole nitrogens is 1. The zero-order valence-corrected chi connectivity index (χ0v) is 7.25. The van der Waals surface area contributed by atoms with Gasteiger partial charge in [-0.05, 0) is 6.07 Å². The van der Waals surface area contributed by atoms with Gasteiger partial charge < -0.3 is 10.1 Å². The third kappa shape index (κ3) is 1.20. The summed E-state index contributed by atoms with van der Waals surface area (Å²) >= 11 is 0. The molecule has 0 radical (unpaired) electrons. The van der Waals surface area contributed by atoms with Gasteiger partial charge in [-0.1, -0.05) is 18.2 Å².